The summed E-state index contributed by atoms with van der Waals surface area (Å²) < 4.78 is 13.0. The van der Waals surface area contributed by atoms with E-state index in [1.165, 1.54) is 12.1 Å². The number of aliphatic hydroxyl groups excluding tert-OH is 1. The molecule has 0 saturated carbocycles. The summed E-state index contributed by atoms with van der Waals surface area (Å²) in [5.74, 6) is -0.868. The fraction of sp³-hybridized carbons (Fsp3) is 0.143. The third-order valence-corrected chi connectivity index (χ3v) is 1.48. The van der Waals surface area contributed by atoms with E-state index in [1.807, 2.05) is 0 Å². The molecule has 0 aromatic heterocycles. The Labute approximate surface area is 68.0 Å². The number of nitrogens with one attached hydrogen (secondary N) is 1. The molecule has 0 saturated heterocycles. The van der Waals surface area contributed by atoms with Gasteiger partial charge in [0.15, 0.2) is 11.5 Å². The summed E-state index contributed by atoms with van der Waals surface area (Å²) in [5, 5.41) is 26.1. The van der Waals surface area contributed by atoms with E-state index < -0.39 is 23.3 Å². The maximum Gasteiger partial charge on any atom is 0.200 e. The number of halogens is 1. The molecular weight excluding hydrogens is 165 g/mol. The van der Waals surface area contributed by atoms with Gasteiger partial charge < -0.3 is 10.3 Å². The van der Waals surface area contributed by atoms with Crippen molar-refractivity contribution in [3.05, 3.63) is 34.8 Å². The molecule has 3 N–H and O–H groups in total. The molecule has 1 aromatic rings. The largest absolute Gasteiger partial charge is 0.595 e. The van der Waals surface area contributed by atoms with Crippen molar-refractivity contribution in [2.75, 3.05) is 0 Å². The van der Waals surface area contributed by atoms with Crippen molar-refractivity contribution in [1.82, 2.24) is 0 Å². The van der Waals surface area contributed by atoms with E-state index in [0.717, 1.165) is 6.07 Å². The fourth-order valence-electron chi connectivity index (χ4n) is 0.867. The van der Waals surface area contributed by atoms with Crippen LogP contribution in [0.25, 0.3) is 0 Å². The molecule has 12 heavy (non-hydrogen) atoms. The van der Waals surface area contributed by atoms with Gasteiger partial charge in [0.1, 0.15) is 0 Å². The number of quaternary nitrogens is 1. The van der Waals surface area contributed by atoms with Crippen LogP contribution in [0, 0.1) is 11.0 Å². The summed E-state index contributed by atoms with van der Waals surface area (Å²) >= 11 is 0. The van der Waals surface area contributed by atoms with E-state index in [9.17, 15) is 9.60 Å². The smallest absolute Gasteiger partial charge is 0.200 e. The van der Waals surface area contributed by atoms with Crippen molar-refractivity contribution in [2.45, 2.75) is 6.61 Å². The summed E-state index contributed by atoms with van der Waals surface area (Å²) in [5.41, 5.74) is -0.420. The summed E-state index contributed by atoms with van der Waals surface area (Å²) in [4.78, 5) is 0. The molecule has 0 heterocycles. The predicted molar refractivity (Wildman–Crippen MR) is 38.1 cm³/mol. The molecule has 0 bridgehead atoms. The van der Waals surface area contributed by atoms with Gasteiger partial charge in [-0.2, -0.15) is 9.62 Å². The zero-order valence-electron chi connectivity index (χ0n) is 6.12. The maximum absolute atomic E-state index is 13.0. The Balaban J connectivity index is 3.14. The van der Waals surface area contributed by atoms with E-state index in [4.69, 9.17) is 10.3 Å². The minimum absolute atomic E-state index is 0.00472. The Bertz CT molecular complexity index is 277. The molecule has 1 atom stereocenters. The summed E-state index contributed by atoms with van der Waals surface area (Å²) in [7, 11) is 0. The molecule has 0 radical (unpaired) electrons. The van der Waals surface area contributed by atoms with Gasteiger partial charge in [-0.25, -0.2) is 5.21 Å². The van der Waals surface area contributed by atoms with E-state index in [2.05, 4.69) is 0 Å². The molecule has 1 unspecified atom stereocenters. The van der Waals surface area contributed by atoms with E-state index in [1.54, 1.807) is 0 Å². The quantitative estimate of drug-likeness (QED) is 0.539. The molecule has 4 nitrogen and oxygen atoms in total. The van der Waals surface area contributed by atoms with Gasteiger partial charge in [0.25, 0.3) is 0 Å². The van der Waals surface area contributed by atoms with Crippen LogP contribution >= 0.6 is 0 Å². The zero-order valence-corrected chi connectivity index (χ0v) is 6.12. The molecule has 0 spiro atoms. The van der Waals surface area contributed by atoms with Crippen LogP contribution in [-0.4, -0.2) is 10.3 Å². The molecular formula is C7H8FNO3. The van der Waals surface area contributed by atoms with Crippen LogP contribution < -0.4 is 5.23 Å². The van der Waals surface area contributed by atoms with E-state index in [-0.39, 0.29) is 5.56 Å². The second kappa shape index (κ2) is 3.59. The van der Waals surface area contributed by atoms with E-state index >= 15 is 0 Å². The number of hydrogen-bond acceptors (Lipinski definition) is 3. The minimum atomic E-state index is -1.33. The SMILES string of the molecule is [O-][NH+](O)c1cccc(CO)c1F. The van der Waals surface area contributed by atoms with Gasteiger partial charge in [0, 0.05) is 11.6 Å². The third-order valence-electron chi connectivity index (χ3n) is 1.48. The highest BCUT2D eigenvalue weighted by Crippen LogP contribution is 2.13. The molecule has 0 fully saturated rings. The van der Waals surface area contributed by atoms with Crippen LogP contribution in [0.15, 0.2) is 18.2 Å². The van der Waals surface area contributed by atoms with Crippen LogP contribution in [0.3, 0.4) is 0 Å². The average molecular weight is 173 g/mol. The zero-order chi connectivity index (χ0) is 9.14. The molecule has 1 rings (SSSR count). The van der Waals surface area contributed by atoms with Gasteiger partial charge in [-0.05, 0) is 0 Å². The number of benzene rings is 1. The molecule has 66 valence electrons. The Kier molecular flexibility index (Phi) is 2.72. The molecule has 0 amide bonds. The van der Waals surface area contributed by atoms with Gasteiger partial charge >= 0.3 is 0 Å². The first-order valence-electron chi connectivity index (χ1n) is 3.28. The van der Waals surface area contributed by atoms with Gasteiger partial charge in [-0.15, -0.1) is 0 Å². The molecule has 1 aromatic carbocycles. The van der Waals surface area contributed by atoms with Crippen LogP contribution in [-0.2, 0) is 6.61 Å². The van der Waals surface area contributed by atoms with Crippen molar-refractivity contribution in [3.63, 3.8) is 0 Å². The highest BCUT2D eigenvalue weighted by molar-refractivity contribution is 5.35. The molecule has 0 aliphatic rings. The van der Waals surface area contributed by atoms with Crippen molar-refractivity contribution in [1.29, 1.82) is 0 Å². The molecule has 5 heteroatoms. The topological polar surface area (TPSA) is 68.0 Å². The number of hydrogen-bond donors (Lipinski definition) is 3. The van der Waals surface area contributed by atoms with E-state index in [0.29, 0.717) is 0 Å². The Morgan fingerprint density at radius 2 is 2.17 bits per heavy atom. The standard InChI is InChI=1S/C7H8FNO3/c8-7-5(4-10)2-1-3-6(7)9(11)12/h1-3,9-11H,4H2. The minimum Gasteiger partial charge on any atom is -0.595 e. The lowest BCUT2D eigenvalue weighted by molar-refractivity contribution is -0.992. The third kappa shape index (κ3) is 1.59. The lowest BCUT2D eigenvalue weighted by atomic mass is 10.2. The Morgan fingerprint density at radius 3 is 2.67 bits per heavy atom. The van der Waals surface area contributed by atoms with Crippen LogP contribution in [0.2, 0.25) is 0 Å². The molecule has 0 aliphatic heterocycles. The van der Waals surface area contributed by atoms with Crippen LogP contribution in [0.4, 0.5) is 10.1 Å². The lowest BCUT2D eigenvalue weighted by Crippen LogP contribution is -2.99. The first-order valence-corrected chi connectivity index (χ1v) is 3.28. The summed E-state index contributed by atoms with van der Waals surface area (Å²) in [6.45, 7) is -0.493. The van der Waals surface area contributed by atoms with Crippen molar-refractivity contribution >= 4 is 5.69 Å². The van der Waals surface area contributed by atoms with Crippen molar-refractivity contribution in [3.8, 4) is 0 Å². The normalized spacial score (nSPS) is 13.0. The lowest BCUT2D eigenvalue weighted by Gasteiger charge is -2.12. The first-order chi connectivity index (χ1) is 5.66. The van der Waals surface area contributed by atoms with Crippen LogP contribution in [0.1, 0.15) is 5.56 Å². The highest BCUT2D eigenvalue weighted by atomic mass is 19.1. The van der Waals surface area contributed by atoms with Crippen LogP contribution in [0.5, 0.6) is 0 Å². The van der Waals surface area contributed by atoms with Gasteiger partial charge in [0.2, 0.25) is 0 Å². The molecule has 0 aliphatic carbocycles. The van der Waals surface area contributed by atoms with Gasteiger partial charge in [-0.1, -0.05) is 12.1 Å². The number of rotatable bonds is 2. The van der Waals surface area contributed by atoms with Crippen molar-refractivity contribution in [2.24, 2.45) is 0 Å². The van der Waals surface area contributed by atoms with Crippen molar-refractivity contribution < 1.29 is 19.9 Å². The average Bonchev–Trinajstić information content (AvgIpc) is 2.04. The predicted octanol–water partition coefficient (Wildman–Crippen LogP) is -0.279. The summed E-state index contributed by atoms with van der Waals surface area (Å²) in [6.07, 6.45) is 0. The second-order valence-corrected chi connectivity index (χ2v) is 2.24. The van der Waals surface area contributed by atoms with Gasteiger partial charge in [-0.3, -0.25) is 0 Å². The Hall–Kier alpha value is -1.01. The number of aliphatic hydroxyl groups is 1. The highest BCUT2D eigenvalue weighted by Gasteiger charge is 2.11. The fourth-order valence-corrected chi connectivity index (χ4v) is 0.867. The maximum atomic E-state index is 13.0. The Morgan fingerprint density at radius 1 is 1.50 bits per heavy atom. The monoisotopic (exact) mass is 173 g/mol. The second-order valence-electron chi connectivity index (χ2n) is 2.24. The van der Waals surface area contributed by atoms with Gasteiger partial charge in [0.05, 0.1) is 6.61 Å². The first kappa shape index (κ1) is 9.08. The summed E-state index contributed by atoms with van der Waals surface area (Å²) in [6, 6.07) is 3.87.